The van der Waals surface area contributed by atoms with Crippen LogP contribution in [0.3, 0.4) is 0 Å². The van der Waals surface area contributed by atoms with Crippen LogP contribution in [0.4, 0.5) is 5.95 Å². The number of benzene rings is 1. The third-order valence-electron chi connectivity index (χ3n) is 3.27. The van der Waals surface area contributed by atoms with Gasteiger partial charge in [0.05, 0.1) is 13.2 Å². The average molecular weight is 285 g/mol. The molecule has 5 nitrogen and oxygen atoms in total. The van der Waals surface area contributed by atoms with Crippen molar-refractivity contribution in [3.63, 3.8) is 0 Å². The Bertz CT molecular complexity index is 623. The summed E-state index contributed by atoms with van der Waals surface area (Å²) in [5.74, 6) is 2.28. The van der Waals surface area contributed by atoms with E-state index in [4.69, 9.17) is 9.47 Å². The molecular weight excluding hydrogens is 266 g/mol. The van der Waals surface area contributed by atoms with Crippen LogP contribution < -0.4 is 14.8 Å². The molecule has 2 heterocycles. The molecule has 0 bridgehead atoms. The van der Waals surface area contributed by atoms with Crippen LogP contribution >= 0.6 is 0 Å². The lowest BCUT2D eigenvalue weighted by Gasteiger charge is -2.13. The molecule has 0 unspecified atom stereocenters. The molecule has 0 aliphatic carbocycles. The lowest BCUT2D eigenvalue weighted by molar-refractivity contribution is 0.296. The molecular formula is C16H19N3O2. The zero-order valence-electron chi connectivity index (χ0n) is 12.3. The summed E-state index contributed by atoms with van der Waals surface area (Å²) in [6.07, 6.45) is 0.904. The smallest absolute Gasteiger partial charge is 0.223 e. The van der Waals surface area contributed by atoms with Crippen molar-refractivity contribution in [2.75, 3.05) is 18.5 Å². The van der Waals surface area contributed by atoms with Gasteiger partial charge in [-0.1, -0.05) is 12.1 Å². The Morgan fingerprint density at radius 1 is 1.10 bits per heavy atom. The fourth-order valence-electron chi connectivity index (χ4n) is 2.37. The van der Waals surface area contributed by atoms with E-state index < -0.39 is 0 Å². The Morgan fingerprint density at radius 2 is 1.86 bits per heavy atom. The highest BCUT2D eigenvalue weighted by molar-refractivity contribution is 5.48. The van der Waals surface area contributed by atoms with Crippen LogP contribution in [0.25, 0.3) is 0 Å². The molecule has 5 heteroatoms. The van der Waals surface area contributed by atoms with Gasteiger partial charge in [-0.25, -0.2) is 9.97 Å². The van der Waals surface area contributed by atoms with Gasteiger partial charge in [0, 0.05) is 29.9 Å². The molecule has 1 aromatic heterocycles. The molecule has 1 aromatic carbocycles. The normalized spacial score (nSPS) is 13.6. The van der Waals surface area contributed by atoms with E-state index in [1.54, 1.807) is 0 Å². The molecule has 110 valence electrons. The first-order valence-electron chi connectivity index (χ1n) is 7.16. The lowest BCUT2D eigenvalue weighted by atomic mass is 10.2. The van der Waals surface area contributed by atoms with E-state index in [2.05, 4.69) is 15.3 Å². The van der Waals surface area contributed by atoms with Gasteiger partial charge in [0.25, 0.3) is 0 Å². The van der Waals surface area contributed by atoms with Gasteiger partial charge >= 0.3 is 0 Å². The maximum Gasteiger partial charge on any atom is 0.223 e. The van der Waals surface area contributed by atoms with E-state index >= 15 is 0 Å². The Labute approximate surface area is 124 Å². The zero-order valence-corrected chi connectivity index (χ0v) is 12.3. The number of anilines is 1. The number of para-hydroxylation sites is 1. The quantitative estimate of drug-likeness (QED) is 0.939. The summed E-state index contributed by atoms with van der Waals surface area (Å²) in [4.78, 5) is 8.77. The fraction of sp³-hybridized carbons (Fsp3) is 0.375. The van der Waals surface area contributed by atoms with Crippen LogP contribution in [0, 0.1) is 13.8 Å². The summed E-state index contributed by atoms with van der Waals surface area (Å²) in [6, 6.07) is 7.91. The van der Waals surface area contributed by atoms with Gasteiger partial charge in [-0.15, -0.1) is 0 Å². The van der Waals surface area contributed by atoms with E-state index in [0.717, 1.165) is 34.9 Å². The van der Waals surface area contributed by atoms with Crippen molar-refractivity contribution in [2.45, 2.75) is 26.8 Å². The number of ether oxygens (including phenoxy) is 2. The van der Waals surface area contributed by atoms with Crippen LogP contribution in [0.5, 0.6) is 11.5 Å². The molecule has 1 N–H and O–H groups in total. The van der Waals surface area contributed by atoms with Crippen LogP contribution in [0.15, 0.2) is 24.3 Å². The maximum absolute atomic E-state index is 5.81. The minimum atomic E-state index is 0.607. The van der Waals surface area contributed by atoms with Gasteiger partial charge in [0.15, 0.2) is 11.5 Å². The van der Waals surface area contributed by atoms with Crippen molar-refractivity contribution in [3.8, 4) is 11.5 Å². The fourth-order valence-corrected chi connectivity index (χ4v) is 2.37. The summed E-state index contributed by atoms with van der Waals surface area (Å²) < 4.78 is 11.5. The third-order valence-corrected chi connectivity index (χ3v) is 3.27. The van der Waals surface area contributed by atoms with Gasteiger partial charge in [-0.2, -0.15) is 0 Å². The molecule has 2 aromatic rings. The maximum atomic E-state index is 5.81. The number of fused-ring (bicyclic) bond motifs is 1. The van der Waals surface area contributed by atoms with E-state index in [1.165, 1.54) is 0 Å². The lowest BCUT2D eigenvalue weighted by Crippen LogP contribution is -2.07. The van der Waals surface area contributed by atoms with Crippen LogP contribution in [-0.4, -0.2) is 23.2 Å². The first-order valence-corrected chi connectivity index (χ1v) is 7.16. The molecule has 0 amide bonds. The van der Waals surface area contributed by atoms with Gasteiger partial charge in [0.1, 0.15) is 0 Å². The summed E-state index contributed by atoms with van der Waals surface area (Å²) in [5, 5.41) is 3.26. The van der Waals surface area contributed by atoms with Crippen LogP contribution in [0.1, 0.15) is 23.4 Å². The minimum Gasteiger partial charge on any atom is -0.490 e. The number of nitrogens with one attached hydrogen (secondary N) is 1. The van der Waals surface area contributed by atoms with Gasteiger partial charge in [-0.05, 0) is 26.0 Å². The number of rotatable bonds is 3. The highest BCUT2D eigenvalue weighted by Crippen LogP contribution is 2.33. The highest BCUT2D eigenvalue weighted by atomic mass is 16.5. The molecule has 3 rings (SSSR count). The SMILES string of the molecule is Cc1cc(C)nc(NCc2cccc3c2OCCCO3)n1. The molecule has 0 atom stereocenters. The summed E-state index contributed by atoms with van der Waals surface area (Å²) >= 11 is 0. The van der Waals surface area contributed by atoms with Crippen molar-refractivity contribution in [1.82, 2.24) is 9.97 Å². The predicted molar refractivity (Wildman–Crippen MR) is 80.9 cm³/mol. The van der Waals surface area contributed by atoms with Crippen molar-refractivity contribution in [1.29, 1.82) is 0 Å². The Morgan fingerprint density at radius 3 is 2.67 bits per heavy atom. The largest absolute Gasteiger partial charge is 0.490 e. The third kappa shape index (κ3) is 3.24. The Hall–Kier alpha value is -2.30. The van der Waals surface area contributed by atoms with Crippen LogP contribution in [-0.2, 0) is 6.54 Å². The number of nitrogens with zero attached hydrogens (tertiary/aromatic N) is 2. The predicted octanol–water partition coefficient (Wildman–Crippen LogP) is 2.87. The first kappa shape index (κ1) is 13.7. The second-order valence-corrected chi connectivity index (χ2v) is 5.12. The van der Waals surface area contributed by atoms with E-state index in [9.17, 15) is 0 Å². The molecule has 21 heavy (non-hydrogen) atoms. The molecule has 0 saturated heterocycles. The molecule has 1 aliphatic heterocycles. The zero-order chi connectivity index (χ0) is 14.7. The topological polar surface area (TPSA) is 56.3 Å². The average Bonchev–Trinajstić information content (AvgIpc) is 2.69. The molecule has 0 radical (unpaired) electrons. The van der Waals surface area contributed by atoms with Crippen molar-refractivity contribution >= 4 is 5.95 Å². The van der Waals surface area contributed by atoms with Crippen LogP contribution in [0.2, 0.25) is 0 Å². The second-order valence-electron chi connectivity index (χ2n) is 5.12. The number of hydrogen-bond donors (Lipinski definition) is 1. The highest BCUT2D eigenvalue weighted by Gasteiger charge is 2.14. The molecule has 0 saturated carbocycles. The second kappa shape index (κ2) is 5.99. The molecule has 0 spiro atoms. The van der Waals surface area contributed by atoms with E-state index in [1.807, 2.05) is 38.1 Å². The van der Waals surface area contributed by atoms with Gasteiger partial charge in [0.2, 0.25) is 5.95 Å². The van der Waals surface area contributed by atoms with Gasteiger partial charge < -0.3 is 14.8 Å². The monoisotopic (exact) mass is 285 g/mol. The van der Waals surface area contributed by atoms with E-state index in [-0.39, 0.29) is 0 Å². The van der Waals surface area contributed by atoms with E-state index in [0.29, 0.717) is 25.7 Å². The summed E-state index contributed by atoms with van der Waals surface area (Å²) in [6.45, 7) is 5.92. The van der Waals surface area contributed by atoms with Gasteiger partial charge in [-0.3, -0.25) is 0 Å². The molecule has 0 fully saturated rings. The molecule has 1 aliphatic rings. The standard InChI is InChI=1S/C16H19N3O2/c1-11-9-12(2)19-16(18-11)17-10-13-5-3-6-14-15(13)21-8-4-7-20-14/h3,5-6,9H,4,7-8,10H2,1-2H3,(H,17,18,19). The van der Waals surface area contributed by atoms with Crippen molar-refractivity contribution < 1.29 is 9.47 Å². The van der Waals surface area contributed by atoms with Crippen molar-refractivity contribution in [2.24, 2.45) is 0 Å². The minimum absolute atomic E-state index is 0.607. The number of aryl methyl sites for hydroxylation is 2. The first-order chi connectivity index (χ1) is 10.2. The Balaban J connectivity index is 1.79. The number of aromatic nitrogens is 2. The number of hydrogen-bond acceptors (Lipinski definition) is 5. The summed E-state index contributed by atoms with van der Waals surface area (Å²) in [5.41, 5.74) is 2.96. The Kier molecular flexibility index (Phi) is 3.90. The van der Waals surface area contributed by atoms with Crippen molar-refractivity contribution in [3.05, 3.63) is 41.2 Å². The summed E-state index contributed by atoms with van der Waals surface area (Å²) in [7, 11) is 0.